The van der Waals surface area contributed by atoms with Crippen molar-refractivity contribution in [2.75, 3.05) is 7.11 Å². The first-order chi connectivity index (χ1) is 7.45. The second-order valence-corrected chi connectivity index (χ2v) is 5.02. The fraction of sp³-hybridized carbons (Fsp3) is 0.462. The second-order valence-electron chi connectivity index (χ2n) is 4.23. The maximum Gasteiger partial charge on any atom is 0.134 e. The number of ketones is 1. The van der Waals surface area contributed by atoms with Crippen molar-refractivity contribution in [2.45, 2.75) is 33.1 Å². The summed E-state index contributed by atoms with van der Waals surface area (Å²) in [6.07, 6.45) is 0.442. The van der Waals surface area contributed by atoms with Crippen molar-refractivity contribution in [3.05, 3.63) is 27.7 Å². The Kier molecular flexibility index (Phi) is 4.54. The number of methoxy groups -OCH3 is 1. The summed E-state index contributed by atoms with van der Waals surface area (Å²) in [5, 5.41) is 0. The minimum atomic E-state index is 0.156. The standard InChI is InChI=1S/C13H17BrO2/c1-8(2)10-6-11(5-9(3)15)13(14)12(7-10)16-4/h6-8H,5H2,1-4H3. The number of Topliss-reactive ketones (excluding diaryl/α,β-unsaturated/α-hetero) is 1. The average molecular weight is 285 g/mol. The zero-order valence-electron chi connectivity index (χ0n) is 10.1. The van der Waals surface area contributed by atoms with E-state index in [2.05, 4.69) is 35.8 Å². The topological polar surface area (TPSA) is 26.3 Å². The molecule has 0 unspecified atom stereocenters. The first-order valence-corrected chi connectivity index (χ1v) is 6.10. The number of hydrogen-bond donors (Lipinski definition) is 0. The molecule has 0 fully saturated rings. The quantitative estimate of drug-likeness (QED) is 0.843. The Bertz CT molecular complexity index is 397. The van der Waals surface area contributed by atoms with Crippen molar-refractivity contribution in [3.63, 3.8) is 0 Å². The Hall–Kier alpha value is -0.830. The Balaban J connectivity index is 3.24. The molecule has 1 aromatic carbocycles. The maximum atomic E-state index is 11.2. The lowest BCUT2D eigenvalue weighted by molar-refractivity contribution is -0.116. The van der Waals surface area contributed by atoms with Gasteiger partial charge in [-0.05, 0) is 46.0 Å². The molecule has 0 aliphatic carbocycles. The van der Waals surface area contributed by atoms with Crippen LogP contribution in [0, 0.1) is 0 Å². The van der Waals surface area contributed by atoms with Gasteiger partial charge >= 0.3 is 0 Å². The Labute approximate surface area is 105 Å². The van der Waals surface area contributed by atoms with E-state index in [9.17, 15) is 4.79 Å². The molecule has 0 radical (unpaired) electrons. The van der Waals surface area contributed by atoms with E-state index in [1.165, 1.54) is 5.56 Å². The highest BCUT2D eigenvalue weighted by atomic mass is 79.9. The molecule has 88 valence electrons. The summed E-state index contributed by atoms with van der Waals surface area (Å²) < 4.78 is 6.18. The third-order valence-electron chi connectivity index (χ3n) is 2.46. The fourth-order valence-electron chi connectivity index (χ4n) is 1.56. The summed E-state index contributed by atoms with van der Waals surface area (Å²) in [6, 6.07) is 4.08. The zero-order valence-corrected chi connectivity index (χ0v) is 11.7. The lowest BCUT2D eigenvalue weighted by Crippen LogP contribution is -2.01. The van der Waals surface area contributed by atoms with Crippen molar-refractivity contribution in [1.82, 2.24) is 0 Å². The Morgan fingerprint density at radius 1 is 1.44 bits per heavy atom. The summed E-state index contributed by atoms with van der Waals surface area (Å²) in [6.45, 7) is 5.85. The van der Waals surface area contributed by atoms with E-state index < -0.39 is 0 Å². The van der Waals surface area contributed by atoms with Crippen molar-refractivity contribution in [1.29, 1.82) is 0 Å². The third kappa shape index (κ3) is 3.08. The van der Waals surface area contributed by atoms with Crippen LogP contribution in [-0.2, 0) is 11.2 Å². The van der Waals surface area contributed by atoms with Gasteiger partial charge in [-0.15, -0.1) is 0 Å². The monoisotopic (exact) mass is 284 g/mol. The molecule has 3 heteroatoms. The predicted molar refractivity (Wildman–Crippen MR) is 69.2 cm³/mol. The van der Waals surface area contributed by atoms with Crippen molar-refractivity contribution in [2.24, 2.45) is 0 Å². The molecule has 0 heterocycles. The molecule has 0 amide bonds. The van der Waals surface area contributed by atoms with Gasteiger partial charge in [0.25, 0.3) is 0 Å². The van der Waals surface area contributed by atoms with Gasteiger partial charge in [0.2, 0.25) is 0 Å². The average Bonchev–Trinajstić information content (AvgIpc) is 2.20. The van der Waals surface area contributed by atoms with Crippen molar-refractivity contribution in [3.8, 4) is 5.75 Å². The molecule has 0 aromatic heterocycles. The van der Waals surface area contributed by atoms with Crippen LogP contribution in [0.4, 0.5) is 0 Å². The largest absolute Gasteiger partial charge is 0.496 e. The molecule has 0 saturated carbocycles. The lowest BCUT2D eigenvalue weighted by atomic mass is 9.98. The highest BCUT2D eigenvalue weighted by molar-refractivity contribution is 9.10. The van der Waals surface area contributed by atoms with Crippen LogP contribution in [-0.4, -0.2) is 12.9 Å². The van der Waals surface area contributed by atoms with Crippen LogP contribution < -0.4 is 4.74 Å². The van der Waals surface area contributed by atoms with Crippen molar-refractivity contribution >= 4 is 21.7 Å². The van der Waals surface area contributed by atoms with Crippen LogP contribution >= 0.6 is 15.9 Å². The van der Waals surface area contributed by atoms with E-state index in [1.807, 2.05) is 6.07 Å². The third-order valence-corrected chi connectivity index (χ3v) is 3.36. The van der Waals surface area contributed by atoms with Gasteiger partial charge in [-0.1, -0.05) is 19.9 Å². The number of rotatable bonds is 4. The van der Waals surface area contributed by atoms with Gasteiger partial charge in [0, 0.05) is 6.42 Å². The molecule has 16 heavy (non-hydrogen) atoms. The van der Waals surface area contributed by atoms with Crippen LogP contribution in [0.3, 0.4) is 0 Å². The lowest BCUT2D eigenvalue weighted by Gasteiger charge is -2.13. The highest BCUT2D eigenvalue weighted by Gasteiger charge is 2.12. The van der Waals surface area contributed by atoms with E-state index in [0.717, 1.165) is 15.8 Å². The molecule has 0 bridgehead atoms. The van der Waals surface area contributed by atoms with Gasteiger partial charge in [0.1, 0.15) is 11.5 Å². The molecule has 1 aromatic rings. The van der Waals surface area contributed by atoms with Gasteiger partial charge in [0.15, 0.2) is 0 Å². The highest BCUT2D eigenvalue weighted by Crippen LogP contribution is 2.33. The van der Waals surface area contributed by atoms with Crippen LogP contribution in [0.1, 0.15) is 37.8 Å². The van der Waals surface area contributed by atoms with Crippen LogP contribution in [0.25, 0.3) is 0 Å². The molecule has 2 nitrogen and oxygen atoms in total. The summed E-state index contributed by atoms with van der Waals surface area (Å²) >= 11 is 3.48. The normalized spacial score (nSPS) is 10.6. The van der Waals surface area contributed by atoms with E-state index in [1.54, 1.807) is 14.0 Å². The maximum absolute atomic E-state index is 11.2. The molecule has 0 atom stereocenters. The molecular formula is C13H17BrO2. The molecule has 0 aliphatic heterocycles. The van der Waals surface area contributed by atoms with Gasteiger partial charge < -0.3 is 4.74 Å². The first kappa shape index (κ1) is 13.2. The van der Waals surface area contributed by atoms with E-state index in [4.69, 9.17) is 4.74 Å². The molecular weight excluding hydrogens is 268 g/mol. The number of carbonyl (C=O) groups is 1. The first-order valence-electron chi connectivity index (χ1n) is 5.31. The predicted octanol–water partition coefficient (Wildman–Crippen LogP) is 3.71. The smallest absolute Gasteiger partial charge is 0.134 e. The van der Waals surface area contributed by atoms with Crippen LogP contribution in [0.15, 0.2) is 16.6 Å². The minimum absolute atomic E-state index is 0.156. The number of ether oxygens (including phenoxy) is 1. The van der Waals surface area contributed by atoms with Gasteiger partial charge in [-0.25, -0.2) is 0 Å². The Morgan fingerprint density at radius 3 is 2.50 bits per heavy atom. The summed E-state index contributed by atoms with van der Waals surface area (Å²) in [5.41, 5.74) is 2.19. The summed E-state index contributed by atoms with van der Waals surface area (Å²) in [7, 11) is 1.64. The summed E-state index contributed by atoms with van der Waals surface area (Å²) in [4.78, 5) is 11.2. The minimum Gasteiger partial charge on any atom is -0.496 e. The van der Waals surface area contributed by atoms with Gasteiger partial charge in [-0.2, -0.15) is 0 Å². The van der Waals surface area contributed by atoms with E-state index in [-0.39, 0.29) is 5.78 Å². The number of hydrogen-bond acceptors (Lipinski definition) is 2. The number of carbonyl (C=O) groups excluding carboxylic acids is 1. The van der Waals surface area contributed by atoms with E-state index >= 15 is 0 Å². The van der Waals surface area contributed by atoms with Gasteiger partial charge in [-0.3, -0.25) is 4.79 Å². The molecule has 0 N–H and O–H groups in total. The second kappa shape index (κ2) is 5.48. The molecule has 0 spiro atoms. The number of benzene rings is 1. The van der Waals surface area contributed by atoms with E-state index in [0.29, 0.717) is 12.3 Å². The number of halogens is 1. The Morgan fingerprint density at radius 2 is 2.06 bits per heavy atom. The van der Waals surface area contributed by atoms with Crippen molar-refractivity contribution < 1.29 is 9.53 Å². The zero-order chi connectivity index (χ0) is 12.3. The molecule has 1 rings (SSSR count). The molecule has 0 aliphatic rings. The van der Waals surface area contributed by atoms with Crippen LogP contribution in [0.5, 0.6) is 5.75 Å². The summed E-state index contributed by atoms with van der Waals surface area (Å²) in [5.74, 6) is 1.37. The SMILES string of the molecule is COc1cc(C(C)C)cc(CC(C)=O)c1Br. The van der Waals surface area contributed by atoms with Crippen LogP contribution in [0.2, 0.25) is 0 Å². The fourth-order valence-corrected chi connectivity index (χ4v) is 2.09. The molecule has 0 saturated heterocycles. The van der Waals surface area contributed by atoms with Gasteiger partial charge in [0.05, 0.1) is 11.6 Å².